The molecule has 0 spiro atoms. The lowest BCUT2D eigenvalue weighted by Gasteiger charge is -2.06. The van der Waals surface area contributed by atoms with Crippen molar-refractivity contribution in [3.63, 3.8) is 0 Å². The molecular weight excluding hydrogens is 142 g/mol. The van der Waals surface area contributed by atoms with Crippen LogP contribution in [0.3, 0.4) is 0 Å². The minimum Gasteiger partial charge on any atom is -0.493 e. The van der Waals surface area contributed by atoms with E-state index in [0.29, 0.717) is 12.4 Å². The number of hydrogen-bond donors (Lipinski definition) is 0. The first-order valence-electron chi connectivity index (χ1n) is 3.49. The molecule has 1 rings (SSSR count). The van der Waals surface area contributed by atoms with E-state index in [1.165, 1.54) is 0 Å². The number of methoxy groups -OCH3 is 1. The number of rotatable bonds is 3. The van der Waals surface area contributed by atoms with Crippen LogP contribution in [0.1, 0.15) is 6.92 Å². The number of aromatic nitrogens is 1. The van der Waals surface area contributed by atoms with Gasteiger partial charge in [0.05, 0.1) is 19.9 Å². The van der Waals surface area contributed by atoms with Crippen molar-refractivity contribution >= 4 is 0 Å². The van der Waals surface area contributed by atoms with E-state index in [1.54, 1.807) is 25.6 Å². The maximum atomic E-state index is 5.24. The lowest BCUT2D eigenvalue weighted by Crippen LogP contribution is -1.95. The van der Waals surface area contributed by atoms with E-state index in [9.17, 15) is 0 Å². The van der Waals surface area contributed by atoms with Gasteiger partial charge in [-0.25, -0.2) is 0 Å². The Morgan fingerprint density at radius 2 is 2.27 bits per heavy atom. The van der Waals surface area contributed by atoms with E-state index in [-0.39, 0.29) is 0 Å². The van der Waals surface area contributed by atoms with E-state index >= 15 is 0 Å². The first-order valence-corrected chi connectivity index (χ1v) is 3.49. The summed E-state index contributed by atoms with van der Waals surface area (Å²) in [6, 6.07) is 1.77. The Balaban J connectivity index is 2.83. The number of hydrogen-bond acceptors (Lipinski definition) is 3. The molecule has 1 aromatic rings. The van der Waals surface area contributed by atoms with Crippen LogP contribution in [-0.2, 0) is 0 Å². The number of pyridine rings is 1. The van der Waals surface area contributed by atoms with Crippen LogP contribution in [-0.4, -0.2) is 18.7 Å². The molecule has 0 fully saturated rings. The van der Waals surface area contributed by atoms with Crippen LogP contribution in [0.5, 0.6) is 11.5 Å². The summed E-state index contributed by atoms with van der Waals surface area (Å²) in [5.74, 6) is 1.42. The van der Waals surface area contributed by atoms with Crippen LogP contribution in [0.15, 0.2) is 18.5 Å². The molecule has 0 saturated heterocycles. The van der Waals surface area contributed by atoms with Crippen LogP contribution in [0.25, 0.3) is 0 Å². The van der Waals surface area contributed by atoms with E-state index in [2.05, 4.69) is 4.98 Å². The zero-order valence-electron chi connectivity index (χ0n) is 6.70. The first-order chi connectivity index (χ1) is 5.38. The molecule has 3 heteroatoms. The van der Waals surface area contributed by atoms with Crippen molar-refractivity contribution in [1.82, 2.24) is 4.98 Å². The van der Waals surface area contributed by atoms with Gasteiger partial charge in [0, 0.05) is 12.3 Å². The van der Waals surface area contributed by atoms with Gasteiger partial charge < -0.3 is 9.47 Å². The molecule has 1 heterocycles. The number of nitrogens with zero attached hydrogens (tertiary/aromatic N) is 1. The molecule has 0 bridgehead atoms. The Bertz CT molecular complexity index is 225. The fourth-order valence-corrected chi connectivity index (χ4v) is 0.800. The van der Waals surface area contributed by atoms with Crippen molar-refractivity contribution in [2.75, 3.05) is 13.7 Å². The van der Waals surface area contributed by atoms with Crippen LogP contribution >= 0.6 is 0 Å². The lowest BCUT2D eigenvalue weighted by molar-refractivity contribution is 0.309. The second kappa shape index (κ2) is 3.81. The smallest absolute Gasteiger partial charge is 0.179 e. The van der Waals surface area contributed by atoms with Crippen LogP contribution < -0.4 is 9.47 Å². The summed E-state index contributed by atoms with van der Waals surface area (Å²) in [7, 11) is 1.61. The predicted molar refractivity (Wildman–Crippen MR) is 42.0 cm³/mol. The SMILES string of the molecule is CCOc1cnccc1OC. The van der Waals surface area contributed by atoms with Crippen molar-refractivity contribution in [1.29, 1.82) is 0 Å². The Morgan fingerprint density at radius 1 is 1.45 bits per heavy atom. The fourth-order valence-electron chi connectivity index (χ4n) is 0.800. The van der Waals surface area contributed by atoms with Gasteiger partial charge >= 0.3 is 0 Å². The lowest BCUT2D eigenvalue weighted by atomic mass is 10.4. The van der Waals surface area contributed by atoms with Crippen molar-refractivity contribution in [3.05, 3.63) is 18.5 Å². The number of ether oxygens (including phenoxy) is 2. The molecule has 1 aromatic heterocycles. The normalized spacial score (nSPS) is 9.27. The summed E-state index contributed by atoms with van der Waals surface area (Å²) in [5.41, 5.74) is 0. The Kier molecular flexibility index (Phi) is 2.72. The maximum Gasteiger partial charge on any atom is 0.179 e. The third-order valence-electron chi connectivity index (χ3n) is 1.27. The summed E-state index contributed by atoms with van der Waals surface area (Å²) in [5, 5.41) is 0. The van der Waals surface area contributed by atoms with Crippen molar-refractivity contribution in [2.45, 2.75) is 6.92 Å². The second-order valence-corrected chi connectivity index (χ2v) is 1.96. The first kappa shape index (κ1) is 7.85. The van der Waals surface area contributed by atoms with Gasteiger partial charge in [-0.1, -0.05) is 0 Å². The molecule has 0 aliphatic heterocycles. The Labute approximate surface area is 66.0 Å². The summed E-state index contributed by atoms with van der Waals surface area (Å²) in [4.78, 5) is 3.91. The van der Waals surface area contributed by atoms with Gasteiger partial charge in [0.2, 0.25) is 0 Å². The van der Waals surface area contributed by atoms with Crippen molar-refractivity contribution < 1.29 is 9.47 Å². The largest absolute Gasteiger partial charge is 0.493 e. The summed E-state index contributed by atoms with van der Waals surface area (Å²) < 4.78 is 10.3. The molecule has 0 saturated carbocycles. The minimum atomic E-state index is 0.627. The molecule has 60 valence electrons. The topological polar surface area (TPSA) is 31.4 Å². The maximum absolute atomic E-state index is 5.24. The van der Waals surface area contributed by atoms with Crippen LogP contribution in [0.2, 0.25) is 0 Å². The van der Waals surface area contributed by atoms with Gasteiger partial charge in [0.15, 0.2) is 11.5 Å². The molecule has 0 atom stereocenters. The highest BCUT2D eigenvalue weighted by molar-refractivity contribution is 5.36. The Hall–Kier alpha value is -1.25. The zero-order valence-corrected chi connectivity index (χ0v) is 6.70. The zero-order chi connectivity index (χ0) is 8.10. The third kappa shape index (κ3) is 1.83. The van der Waals surface area contributed by atoms with Gasteiger partial charge in [-0.05, 0) is 6.92 Å². The van der Waals surface area contributed by atoms with Gasteiger partial charge in [-0.15, -0.1) is 0 Å². The van der Waals surface area contributed by atoms with Crippen LogP contribution in [0.4, 0.5) is 0 Å². The molecule has 3 nitrogen and oxygen atoms in total. The highest BCUT2D eigenvalue weighted by Gasteiger charge is 2.00. The highest BCUT2D eigenvalue weighted by atomic mass is 16.5. The molecule has 11 heavy (non-hydrogen) atoms. The standard InChI is InChI=1S/C8H11NO2/c1-3-11-8-6-9-5-4-7(8)10-2/h4-6H,3H2,1-2H3. The average Bonchev–Trinajstić information content (AvgIpc) is 2.06. The monoisotopic (exact) mass is 153 g/mol. The highest BCUT2D eigenvalue weighted by Crippen LogP contribution is 2.23. The van der Waals surface area contributed by atoms with Crippen molar-refractivity contribution in [3.8, 4) is 11.5 Å². The second-order valence-electron chi connectivity index (χ2n) is 1.96. The van der Waals surface area contributed by atoms with Gasteiger partial charge in [0.25, 0.3) is 0 Å². The van der Waals surface area contributed by atoms with E-state index in [0.717, 1.165) is 5.75 Å². The molecule has 0 N–H and O–H groups in total. The molecule has 0 unspecified atom stereocenters. The van der Waals surface area contributed by atoms with Gasteiger partial charge in [-0.3, -0.25) is 4.98 Å². The summed E-state index contributed by atoms with van der Waals surface area (Å²) in [6.07, 6.45) is 3.31. The fraction of sp³-hybridized carbons (Fsp3) is 0.375. The van der Waals surface area contributed by atoms with Gasteiger partial charge in [0.1, 0.15) is 0 Å². The predicted octanol–water partition coefficient (Wildman–Crippen LogP) is 1.49. The molecule has 0 aliphatic carbocycles. The molecule has 0 radical (unpaired) electrons. The quantitative estimate of drug-likeness (QED) is 0.659. The molecule has 0 amide bonds. The van der Waals surface area contributed by atoms with Gasteiger partial charge in [-0.2, -0.15) is 0 Å². The van der Waals surface area contributed by atoms with E-state index in [4.69, 9.17) is 9.47 Å². The molecule has 0 aliphatic rings. The summed E-state index contributed by atoms with van der Waals surface area (Å²) >= 11 is 0. The van der Waals surface area contributed by atoms with Crippen LogP contribution in [0, 0.1) is 0 Å². The third-order valence-corrected chi connectivity index (χ3v) is 1.27. The Morgan fingerprint density at radius 3 is 2.91 bits per heavy atom. The van der Waals surface area contributed by atoms with E-state index in [1.807, 2.05) is 6.92 Å². The van der Waals surface area contributed by atoms with E-state index < -0.39 is 0 Å². The average molecular weight is 153 g/mol. The summed E-state index contributed by atoms with van der Waals surface area (Å²) in [6.45, 7) is 2.55. The van der Waals surface area contributed by atoms with Crippen molar-refractivity contribution in [2.24, 2.45) is 0 Å². The minimum absolute atomic E-state index is 0.627. The molecular formula is C8H11NO2. The molecule has 0 aromatic carbocycles.